The number of ether oxygens (including phenoxy) is 2. The molecular formula is C21H38O3. The van der Waals surface area contributed by atoms with Crippen molar-refractivity contribution >= 4 is 5.97 Å². The lowest BCUT2D eigenvalue weighted by Crippen LogP contribution is -2.20. The third-order valence-electron chi connectivity index (χ3n) is 5.02. The molecule has 0 unspecified atom stereocenters. The maximum Gasteiger partial charge on any atom is 0.330 e. The van der Waals surface area contributed by atoms with E-state index in [2.05, 4.69) is 13.5 Å². The molecule has 1 fully saturated rings. The molecule has 0 aliphatic heterocycles. The molecule has 0 aromatic carbocycles. The standard InChI is InChI=1S/C21H38O3/c1-3-21(22)24-18-12-10-8-6-4-5-7-9-11-17-23-20-15-13-19(2)14-16-20/h3,19-20H,1,4-18H2,2H3. The Morgan fingerprint density at radius 3 is 1.92 bits per heavy atom. The van der Waals surface area contributed by atoms with Gasteiger partial charge in [-0.05, 0) is 44.4 Å². The molecule has 0 bridgehead atoms. The van der Waals surface area contributed by atoms with Gasteiger partial charge < -0.3 is 9.47 Å². The first-order valence-electron chi connectivity index (χ1n) is 10.1. The lowest BCUT2D eigenvalue weighted by Gasteiger charge is -2.26. The monoisotopic (exact) mass is 338 g/mol. The number of carbonyl (C=O) groups is 1. The molecule has 24 heavy (non-hydrogen) atoms. The van der Waals surface area contributed by atoms with E-state index >= 15 is 0 Å². The van der Waals surface area contributed by atoms with Crippen molar-refractivity contribution in [2.45, 2.75) is 96.5 Å². The van der Waals surface area contributed by atoms with Crippen molar-refractivity contribution in [3.63, 3.8) is 0 Å². The summed E-state index contributed by atoms with van der Waals surface area (Å²) in [5.74, 6) is 0.601. The minimum Gasteiger partial charge on any atom is -0.463 e. The highest BCUT2D eigenvalue weighted by Gasteiger charge is 2.17. The number of unbranched alkanes of at least 4 members (excludes halogenated alkanes) is 8. The number of hydrogen-bond acceptors (Lipinski definition) is 3. The molecule has 3 heteroatoms. The van der Waals surface area contributed by atoms with E-state index in [0.29, 0.717) is 12.7 Å². The third kappa shape index (κ3) is 11.7. The second-order valence-corrected chi connectivity index (χ2v) is 7.31. The molecule has 1 aliphatic carbocycles. The molecule has 0 radical (unpaired) electrons. The predicted octanol–water partition coefficient (Wildman–Crippen LogP) is 5.82. The molecule has 0 N–H and O–H groups in total. The summed E-state index contributed by atoms with van der Waals surface area (Å²) in [5.41, 5.74) is 0. The van der Waals surface area contributed by atoms with Crippen LogP contribution in [0.2, 0.25) is 0 Å². The van der Waals surface area contributed by atoms with E-state index in [4.69, 9.17) is 9.47 Å². The van der Waals surface area contributed by atoms with Crippen LogP contribution >= 0.6 is 0 Å². The van der Waals surface area contributed by atoms with Crippen LogP contribution in [0.5, 0.6) is 0 Å². The molecule has 0 aromatic heterocycles. The van der Waals surface area contributed by atoms with Crippen molar-refractivity contribution in [3.8, 4) is 0 Å². The van der Waals surface area contributed by atoms with E-state index in [0.717, 1.165) is 25.4 Å². The van der Waals surface area contributed by atoms with E-state index in [9.17, 15) is 4.79 Å². The zero-order valence-electron chi connectivity index (χ0n) is 15.8. The number of carbonyl (C=O) groups excluding carboxylic acids is 1. The molecule has 1 saturated carbocycles. The van der Waals surface area contributed by atoms with Gasteiger partial charge in [-0.25, -0.2) is 4.79 Å². The van der Waals surface area contributed by atoms with Gasteiger partial charge in [-0.15, -0.1) is 0 Å². The SMILES string of the molecule is C=CC(=O)OCCCCCCCCCCCOC1CCC(C)CC1. The predicted molar refractivity (Wildman–Crippen MR) is 100 cm³/mol. The molecular weight excluding hydrogens is 300 g/mol. The minimum absolute atomic E-state index is 0.308. The summed E-state index contributed by atoms with van der Waals surface area (Å²) in [6.45, 7) is 7.23. The maximum atomic E-state index is 10.8. The molecule has 1 rings (SSSR count). The molecule has 1 aliphatic rings. The van der Waals surface area contributed by atoms with Gasteiger partial charge in [-0.2, -0.15) is 0 Å². The second kappa shape index (κ2) is 14.5. The highest BCUT2D eigenvalue weighted by molar-refractivity contribution is 5.81. The van der Waals surface area contributed by atoms with E-state index in [1.54, 1.807) is 0 Å². The molecule has 0 saturated heterocycles. The first-order valence-corrected chi connectivity index (χ1v) is 10.1. The Balaban J connectivity index is 1.73. The van der Waals surface area contributed by atoms with Crippen molar-refractivity contribution < 1.29 is 14.3 Å². The molecule has 0 spiro atoms. The number of hydrogen-bond donors (Lipinski definition) is 0. The summed E-state index contributed by atoms with van der Waals surface area (Å²) < 4.78 is 11.0. The first kappa shape index (κ1) is 21.2. The minimum atomic E-state index is -0.308. The fourth-order valence-corrected chi connectivity index (χ4v) is 3.32. The van der Waals surface area contributed by atoms with Crippen LogP contribution in [0, 0.1) is 5.92 Å². The van der Waals surface area contributed by atoms with Gasteiger partial charge in [0.25, 0.3) is 0 Å². The highest BCUT2D eigenvalue weighted by Crippen LogP contribution is 2.25. The van der Waals surface area contributed by atoms with Crippen LogP contribution in [0.3, 0.4) is 0 Å². The van der Waals surface area contributed by atoms with Crippen molar-refractivity contribution in [1.29, 1.82) is 0 Å². The zero-order chi connectivity index (χ0) is 17.5. The second-order valence-electron chi connectivity index (χ2n) is 7.31. The normalized spacial score (nSPS) is 20.7. The van der Waals surface area contributed by atoms with E-state index < -0.39 is 0 Å². The van der Waals surface area contributed by atoms with Crippen LogP contribution in [-0.2, 0) is 14.3 Å². The van der Waals surface area contributed by atoms with Gasteiger partial charge in [0.05, 0.1) is 12.7 Å². The van der Waals surface area contributed by atoms with E-state index in [1.807, 2.05) is 0 Å². The third-order valence-corrected chi connectivity index (χ3v) is 5.02. The van der Waals surface area contributed by atoms with Crippen molar-refractivity contribution in [2.24, 2.45) is 5.92 Å². The maximum absolute atomic E-state index is 10.8. The van der Waals surface area contributed by atoms with E-state index in [-0.39, 0.29) is 5.97 Å². The average Bonchev–Trinajstić information content (AvgIpc) is 2.60. The van der Waals surface area contributed by atoms with Gasteiger partial charge in [0.1, 0.15) is 0 Å². The average molecular weight is 339 g/mol. The van der Waals surface area contributed by atoms with Gasteiger partial charge >= 0.3 is 5.97 Å². The van der Waals surface area contributed by atoms with Gasteiger partial charge in [-0.1, -0.05) is 58.4 Å². The Labute approximate surface area is 149 Å². The largest absolute Gasteiger partial charge is 0.463 e. The van der Waals surface area contributed by atoms with Crippen LogP contribution in [0.15, 0.2) is 12.7 Å². The molecule has 140 valence electrons. The fourth-order valence-electron chi connectivity index (χ4n) is 3.32. The summed E-state index contributed by atoms with van der Waals surface area (Å²) in [6, 6.07) is 0. The molecule has 0 heterocycles. The van der Waals surface area contributed by atoms with Crippen molar-refractivity contribution in [2.75, 3.05) is 13.2 Å². The Morgan fingerprint density at radius 1 is 0.875 bits per heavy atom. The summed E-state index contributed by atoms with van der Waals surface area (Å²) in [4.78, 5) is 10.8. The number of esters is 1. The van der Waals surface area contributed by atoms with Crippen molar-refractivity contribution in [1.82, 2.24) is 0 Å². The van der Waals surface area contributed by atoms with Crippen LogP contribution in [0.4, 0.5) is 0 Å². The van der Waals surface area contributed by atoms with Gasteiger partial charge in [0.2, 0.25) is 0 Å². The van der Waals surface area contributed by atoms with Gasteiger partial charge in [0.15, 0.2) is 0 Å². The van der Waals surface area contributed by atoms with Crippen molar-refractivity contribution in [3.05, 3.63) is 12.7 Å². The van der Waals surface area contributed by atoms with Crippen LogP contribution in [-0.4, -0.2) is 25.3 Å². The lowest BCUT2D eigenvalue weighted by atomic mass is 9.89. The smallest absolute Gasteiger partial charge is 0.330 e. The zero-order valence-corrected chi connectivity index (χ0v) is 15.8. The van der Waals surface area contributed by atoms with E-state index in [1.165, 1.54) is 76.7 Å². The van der Waals surface area contributed by atoms with Crippen LogP contribution in [0.25, 0.3) is 0 Å². The highest BCUT2D eigenvalue weighted by atomic mass is 16.5. The number of rotatable bonds is 14. The van der Waals surface area contributed by atoms with Crippen LogP contribution in [0.1, 0.15) is 90.4 Å². The summed E-state index contributed by atoms with van der Waals surface area (Å²) in [7, 11) is 0. The summed E-state index contributed by atoms with van der Waals surface area (Å²) >= 11 is 0. The van der Waals surface area contributed by atoms with Crippen LogP contribution < -0.4 is 0 Å². The Hall–Kier alpha value is -0.830. The Morgan fingerprint density at radius 2 is 1.38 bits per heavy atom. The topological polar surface area (TPSA) is 35.5 Å². The first-order chi connectivity index (χ1) is 11.7. The lowest BCUT2D eigenvalue weighted by molar-refractivity contribution is -0.137. The fraction of sp³-hybridized carbons (Fsp3) is 0.857. The molecule has 0 aromatic rings. The molecule has 3 nitrogen and oxygen atoms in total. The Kier molecular flexibility index (Phi) is 12.8. The molecule has 0 amide bonds. The van der Waals surface area contributed by atoms with Gasteiger partial charge in [0, 0.05) is 12.7 Å². The Bertz CT molecular complexity index is 319. The molecule has 0 atom stereocenters. The summed E-state index contributed by atoms with van der Waals surface area (Å²) in [6.07, 6.45) is 18.2. The summed E-state index contributed by atoms with van der Waals surface area (Å²) in [5, 5.41) is 0. The quantitative estimate of drug-likeness (QED) is 0.227. The van der Waals surface area contributed by atoms with Gasteiger partial charge in [-0.3, -0.25) is 0 Å².